The summed E-state index contributed by atoms with van der Waals surface area (Å²) in [6.45, 7) is 4.92. The van der Waals surface area contributed by atoms with E-state index in [1.807, 2.05) is 12.1 Å². The van der Waals surface area contributed by atoms with Gasteiger partial charge in [-0.15, -0.1) is 0 Å². The van der Waals surface area contributed by atoms with Gasteiger partial charge in [-0.05, 0) is 31.5 Å². The summed E-state index contributed by atoms with van der Waals surface area (Å²) in [5.41, 5.74) is 1.20. The van der Waals surface area contributed by atoms with Crippen LogP contribution < -0.4 is 5.84 Å². The molecule has 0 amide bonds. The van der Waals surface area contributed by atoms with E-state index in [4.69, 9.17) is 5.84 Å². The van der Waals surface area contributed by atoms with Crippen molar-refractivity contribution in [3.63, 3.8) is 0 Å². The quantitative estimate of drug-likeness (QED) is 0.540. The van der Waals surface area contributed by atoms with Gasteiger partial charge in [0, 0.05) is 25.0 Å². The van der Waals surface area contributed by atoms with Gasteiger partial charge in [0.25, 0.3) is 0 Å². The molecule has 1 heterocycles. The van der Waals surface area contributed by atoms with Gasteiger partial charge in [0.2, 0.25) is 0 Å². The maximum atomic E-state index is 5.76. The predicted octanol–water partition coefficient (Wildman–Crippen LogP) is 1.17. The molecule has 0 fully saturated rings. The first-order valence-electron chi connectivity index (χ1n) is 4.10. The van der Waals surface area contributed by atoms with Gasteiger partial charge >= 0.3 is 0 Å². The molecule has 0 saturated heterocycles. The Kier molecular flexibility index (Phi) is 3.19. The minimum Gasteiger partial charge on any atom is -0.268 e. The van der Waals surface area contributed by atoms with Gasteiger partial charge in [-0.25, -0.2) is 5.01 Å². The molecule has 1 aromatic heterocycles. The van der Waals surface area contributed by atoms with Crippen molar-refractivity contribution in [1.29, 1.82) is 0 Å². The van der Waals surface area contributed by atoms with Crippen molar-refractivity contribution < 1.29 is 0 Å². The van der Waals surface area contributed by atoms with Crippen molar-refractivity contribution in [2.45, 2.75) is 26.4 Å². The molecule has 0 spiro atoms. The summed E-state index contributed by atoms with van der Waals surface area (Å²) in [4.78, 5) is 3.94. The monoisotopic (exact) mass is 165 g/mol. The molecule has 12 heavy (non-hydrogen) atoms. The average Bonchev–Trinajstić information content (AvgIpc) is 2.06. The van der Waals surface area contributed by atoms with Crippen LogP contribution in [-0.4, -0.2) is 16.0 Å². The highest BCUT2D eigenvalue weighted by atomic mass is 15.4. The van der Waals surface area contributed by atoms with Gasteiger partial charge in [0.1, 0.15) is 0 Å². The van der Waals surface area contributed by atoms with Crippen molar-refractivity contribution in [1.82, 2.24) is 9.99 Å². The molecule has 0 atom stereocenters. The SMILES string of the molecule is CC(C)N(N)Cc1ccncc1. The standard InChI is InChI=1S/C9H15N3/c1-8(2)12(10)7-9-3-5-11-6-4-9/h3-6,8H,7,10H2,1-2H3. The zero-order chi connectivity index (χ0) is 8.97. The van der Waals surface area contributed by atoms with E-state index in [0.29, 0.717) is 6.04 Å². The van der Waals surface area contributed by atoms with E-state index in [0.717, 1.165) is 6.54 Å². The highest BCUT2D eigenvalue weighted by Gasteiger charge is 2.03. The Balaban J connectivity index is 2.53. The Hall–Kier alpha value is -0.930. The lowest BCUT2D eigenvalue weighted by molar-refractivity contribution is 0.219. The minimum atomic E-state index is 0.373. The first-order chi connectivity index (χ1) is 5.70. The number of aromatic nitrogens is 1. The third kappa shape index (κ3) is 2.60. The molecule has 0 unspecified atom stereocenters. The first-order valence-corrected chi connectivity index (χ1v) is 4.10. The Morgan fingerprint density at radius 3 is 2.50 bits per heavy atom. The normalized spacial score (nSPS) is 11.1. The highest BCUT2D eigenvalue weighted by molar-refractivity contribution is 5.09. The lowest BCUT2D eigenvalue weighted by Crippen LogP contribution is -2.36. The molecular weight excluding hydrogens is 150 g/mol. The van der Waals surface area contributed by atoms with Gasteiger partial charge in [-0.2, -0.15) is 0 Å². The van der Waals surface area contributed by atoms with Crippen molar-refractivity contribution in [2.24, 2.45) is 5.84 Å². The van der Waals surface area contributed by atoms with Crippen molar-refractivity contribution in [2.75, 3.05) is 0 Å². The number of hydrazine groups is 1. The summed E-state index contributed by atoms with van der Waals surface area (Å²) in [5.74, 6) is 5.76. The van der Waals surface area contributed by atoms with E-state index in [1.165, 1.54) is 5.56 Å². The molecule has 0 aromatic carbocycles. The fourth-order valence-corrected chi connectivity index (χ4v) is 0.882. The zero-order valence-electron chi connectivity index (χ0n) is 7.57. The molecule has 0 aliphatic rings. The van der Waals surface area contributed by atoms with Gasteiger partial charge in [-0.3, -0.25) is 10.8 Å². The molecule has 66 valence electrons. The predicted molar refractivity (Wildman–Crippen MR) is 49.1 cm³/mol. The van der Waals surface area contributed by atoms with Crippen LogP contribution >= 0.6 is 0 Å². The number of hydrogen-bond donors (Lipinski definition) is 1. The third-order valence-corrected chi connectivity index (χ3v) is 1.78. The van der Waals surface area contributed by atoms with Crippen LogP contribution in [0.4, 0.5) is 0 Å². The second-order valence-electron chi connectivity index (χ2n) is 3.12. The minimum absolute atomic E-state index is 0.373. The Bertz CT molecular complexity index is 220. The van der Waals surface area contributed by atoms with Crippen molar-refractivity contribution in [3.05, 3.63) is 30.1 Å². The molecule has 0 radical (unpaired) electrons. The van der Waals surface area contributed by atoms with E-state index in [2.05, 4.69) is 18.8 Å². The first kappa shape index (κ1) is 9.16. The molecule has 0 saturated carbocycles. The summed E-state index contributed by atoms with van der Waals surface area (Å²) >= 11 is 0. The molecular formula is C9H15N3. The van der Waals surface area contributed by atoms with Crippen LogP contribution in [0.1, 0.15) is 19.4 Å². The van der Waals surface area contributed by atoms with Crippen LogP contribution in [0.5, 0.6) is 0 Å². The molecule has 0 aliphatic carbocycles. The molecule has 3 nitrogen and oxygen atoms in total. The number of pyridine rings is 1. The Morgan fingerprint density at radius 1 is 1.42 bits per heavy atom. The smallest absolute Gasteiger partial charge is 0.0383 e. The summed E-state index contributed by atoms with van der Waals surface area (Å²) in [6, 6.07) is 4.32. The molecule has 3 heteroatoms. The summed E-state index contributed by atoms with van der Waals surface area (Å²) in [5, 5.41) is 1.80. The maximum absolute atomic E-state index is 5.76. The average molecular weight is 165 g/mol. The van der Waals surface area contributed by atoms with Crippen molar-refractivity contribution in [3.8, 4) is 0 Å². The van der Waals surface area contributed by atoms with Crippen LogP contribution in [0.3, 0.4) is 0 Å². The fourth-order valence-electron chi connectivity index (χ4n) is 0.882. The van der Waals surface area contributed by atoms with Gasteiger partial charge in [0.05, 0.1) is 0 Å². The molecule has 2 N–H and O–H groups in total. The number of nitrogens with zero attached hydrogens (tertiary/aromatic N) is 2. The van der Waals surface area contributed by atoms with Gasteiger partial charge in [0.15, 0.2) is 0 Å². The number of rotatable bonds is 3. The second kappa shape index (κ2) is 4.18. The molecule has 0 aliphatic heterocycles. The lowest BCUT2D eigenvalue weighted by atomic mass is 10.2. The number of nitrogens with two attached hydrogens (primary N) is 1. The largest absolute Gasteiger partial charge is 0.268 e. The maximum Gasteiger partial charge on any atom is 0.0383 e. The van der Waals surface area contributed by atoms with E-state index in [-0.39, 0.29) is 0 Å². The lowest BCUT2D eigenvalue weighted by Gasteiger charge is -2.20. The summed E-state index contributed by atoms with van der Waals surface area (Å²) < 4.78 is 0. The van der Waals surface area contributed by atoms with Crippen LogP contribution in [0.2, 0.25) is 0 Å². The topological polar surface area (TPSA) is 42.1 Å². The Labute approximate surface area is 73.2 Å². The van der Waals surface area contributed by atoms with Crippen molar-refractivity contribution >= 4 is 0 Å². The highest BCUT2D eigenvalue weighted by Crippen LogP contribution is 2.01. The van der Waals surface area contributed by atoms with Crippen LogP contribution in [-0.2, 0) is 6.54 Å². The second-order valence-corrected chi connectivity index (χ2v) is 3.12. The molecule has 0 bridgehead atoms. The summed E-state index contributed by atoms with van der Waals surface area (Å²) in [6.07, 6.45) is 3.56. The van der Waals surface area contributed by atoms with Gasteiger partial charge in [-0.1, -0.05) is 0 Å². The number of hydrogen-bond acceptors (Lipinski definition) is 3. The van der Waals surface area contributed by atoms with Crippen LogP contribution in [0.25, 0.3) is 0 Å². The fraction of sp³-hybridized carbons (Fsp3) is 0.444. The van der Waals surface area contributed by atoms with Crippen LogP contribution in [0, 0.1) is 0 Å². The zero-order valence-corrected chi connectivity index (χ0v) is 7.57. The van der Waals surface area contributed by atoms with Crippen LogP contribution in [0.15, 0.2) is 24.5 Å². The van der Waals surface area contributed by atoms with E-state index in [9.17, 15) is 0 Å². The van der Waals surface area contributed by atoms with E-state index in [1.54, 1.807) is 17.4 Å². The summed E-state index contributed by atoms with van der Waals surface area (Å²) in [7, 11) is 0. The van der Waals surface area contributed by atoms with E-state index >= 15 is 0 Å². The third-order valence-electron chi connectivity index (χ3n) is 1.78. The van der Waals surface area contributed by atoms with Gasteiger partial charge < -0.3 is 0 Å². The van der Waals surface area contributed by atoms with E-state index < -0.39 is 0 Å². The Morgan fingerprint density at radius 2 is 2.00 bits per heavy atom. The molecule has 1 rings (SSSR count). The molecule has 1 aromatic rings.